The molecule has 0 bridgehead atoms. The highest BCUT2D eigenvalue weighted by Gasteiger charge is 2.35. The Kier molecular flexibility index (Phi) is 7.20. The fraction of sp³-hybridized carbons (Fsp3) is 0.500. The number of benzene rings is 2. The topological polar surface area (TPSA) is 60.0 Å². The van der Waals surface area contributed by atoms with Crippen LogP contribution >= 0.6 is 0 Å². The summed E-state index contributed by atoms with van der Waals surface area (Å²) in [5.74, 6) is 2.46. The number of carbonyl (C=O) groups is 1. The second-order valence-corrected chi connectivity index (χ2v) is 8.79. The summed E-state index contributed by atoms with van der Waals surface area (Å²) in [6.07, 6.45) is 2.54. The predicted molar refractivity (Wildman–Crippen MR) is 125 cm³/mol. The van der Waals surface area contributed by atoms with Crippen LogP contribution in [0.1, 0.15) is 45.2 Å². The van der Waals surface area contributed by atoms with E-state index in [-0.39, 0.29) is 24.2 Å². The number of hydrogen-bond acceptors (Lipinski definition) is 5. The number of rotatable bonds is 10. The van der Waals surface area contributed by atoms with E-state index in [0.717, 1.165) is 48.4 Å². The second-order valence-electron chi connectivity index (χ2n) is 8.79. The molecule has 0 radical (unpaired) electrons. The highest BCUT2D eigenvalue weighted by atomic mass is 16.5. The third kappa shape index (κ3) is 5.94. The van der Waals surface area contributed by atoms with Crippen LogP contribution in [-0.2, 0) is 9.53 Å². The van der Waals surface area contributed by atoms with Gasteiger partial charge in [0.2, 0.25) is 5.91 Å². The lowest BCUT2D eigenvalue weighted by molar-refractivity contribution is -0.119. The quantitative estimate of drug-likeness (QED) is 0.598. The summed E-state index contributed by atoms with van der Waals surface area (Å²) in [6, 6.07) is 16.2. The molecule has 0 spiro atoms. The van der Waals surface area contributed by atoms with E-state index < -0.39 is 0 Å². The minimum absolute atomic E-state index is 0.00349. The van der Waals surface area contributed by atoms with E-state index in [4.69, 9.17) is 14.2 Å². The number of amides is 1. The summed E-state index contributed by atoms with van der Waals surface area (Å²) in [7, 11) is 0. The molecule has 2 aliphatic rings. The van der Waals surface area contributed by atoms with Gasteiger partial charge >= 0.3 is 0 Å². The molecule has 1 saturated heterocycles. The average Bonchev–Trinajstić information content (AvgIpc) is 3.54. The monoisotopic (exact) mass is 438 g/mol. The van der Waals surface area contributed by atoms with Crippen molar-refractivity contribution in [2.24, 2.45) is 5.92 Å². The van der Waals surface area contributed by atoms with Crippen LogP contribution in [0.15, 0.2) is 48.5 Å². The van der Waals surface area contributed by atoms with Gasteiger partial charge in [0.05, 0.1) is 19.2 Å². The lowest BCUT2D eigenvalue weighted by atomic mass is 10.1. The average molecular weight is 439 g/mol. The van der Waals surface area contributed by atoms with Crippen molar-refractivity contribution in [1.82, 2.24) is 5.32 Å². The largest absolute Gasteiger partial charge is 0.493 e. The van der Waals surface area contributed by atoms with Crippen molar-refractivity contribution < 1.29 is 19.0 Å². The van der Waals surface area contributed by atoms with Gasteiger partial charge in [-0.3, -0.25) is 4.79 Å². The second kappa shape index (κ2) is 10.3. The zero-order chi connectivity index (χ0) is 22.5. The van der Waals surface area contributed by atoms with Crippen LogP contribution in [0, 0.1) is 5.92 Å². The molecule has 6 nitrogen and oxygen atoms in total. The number of anilines is 1. The van der Waals surface area contributed by atoms with Gasteiger partial charge in [-0.15, -0.1) is 0 Å². The van der Waals surface area contributed by atoms with Crippen molar-refractivity contribution in [2.75, 3.05) is 31.2 Å². The maximum Gasteiger partial charge on any atom is 0.217 e. The van der Waals surface area contributed by atoms with E-state index in [0.29, 0.717) is 6.61 Å². The van der Waals surface area contributed by atoms with Crippen LogP contribution < -0.4 is 19.7 Å². The van der Waals surface area contributed by atoms with E-state index in [1.54, 1.807) is 0 Å². The molecule has 2 aromatic carbocycles. The Hall–Kier alpha value is -2.73. The number of nitrogens with one attached hydrogen (secondary N) is 1. The van der Waals surface area contributed by atoms with Gasteiger partial charge in [0.1, 0.15) is 23.7 Å². The van der Waals surface area contributed by atoms with E-state index in [1.807, 2.05) is 38.1 Å². The molecule has 6 heteroatoms. The van der Waals surface area contributed by atoms with Crippen molar-refractivity contribution in [3.63, 3.8) is 0 Å². The zero-order valence-electron chi connectivity index (χ0n) is 19.3. The Labute approximate surface area is 190 Å². The molecule has 1 aliphatic carbocycles. The first-order valence-corrected chi connectivity index (χ1v) is 11.6. The summed E-state index contributed by atoms with van der Waals surface area (Å²) < 4.78 is 18.2. The number of hydrogen-bond donors (Lipinski definition) is 1. The molecule has 1 saturated carbocycles. The molecule has 0 aromatic heterocycles. The van der Waals surface area contributed by atoms with Gasteiger partial charge in [-0.2, -0.15) is 0 Å². The van der Waals surface area contributed by atoms with Crippen LogP contribution in [0.3, 0.4) is 0 Å². The molecule has 3 atom stereocenters. The number of ether oxygens (including phenoxy) is 3. The van der Waals surface area contributed by atoms with Crippen molar-refractivity contribution in [3.8, 4) is 11.5 Å². The van der Waals surface area contributed by atoms with E-state index in [9.17, 15) is 4.79 Å². The highest BCUT2D eigenvalue weighted by molar-refractivity contribution is 5.73. The lowest BCUT2D eigenvalue weighted by Crippen LogP contribution is -2.32. The van der Waals surface area contributed by atoms with E-state index in [2.05, 4.69) is 34.5 Å². The minimum atomic E-state index is -0.0561. The maximum atomic E-state index is 11.3. The number of nitrogens with zero attached hydrogens (tertiary/aromatic N) is 1. The third-order valence-electron chi connectivity index (χ3n) is 6.07. The normalized spacial score (nSPS) is 21.3. The first-order valence-electron chi connectivity index (χ1n) is 11.6. The zero-order valence-corrected chi connectivity index (χ0v) is 19.3. The van der Waals surface area contributed by atoms with Crippen LogP contribution in [0.4, 0.5) is 5.69 Å². The molecule has 4 rings (SSSR count). The van der Waals surface area contributed by atoms with Crippen molar-refractivity contribution in [2.45, 2.75) is 51.9 Å². The van der Waals surface area contributed by atoms with Gasteiger partial charge in [0, 0.05) is 25.8 Å². The van der Waals surface area contributed by atoms with Crippen molar-refractivity contribution >= 4 is 11.6 Å². The van der Waals surface area contributed by atoms with Gasteiger partial charge < -0.3 is 24.4 Å². The van der Waals surface area contributed by atoms with Gasteiger partial charge in [0.25, 0.3) is 0 Å². The predicted octanol–water partition coefficient (Wildman–Crippen LogP) is 4.35. The lowest BCUT2D eigenvalue weighted by Gasteiger charge is -2.20. The molecule has 2 aromatic rings. The van der Waals surface area contributed by atoms with Gasteiger partial charge in [0.15, 0.2) is 0 Å². The fourth-order valence-electron chi connectivity index (χ4n) is 4.09. The molecule has 3 unspecified atom stereocenters. The highest BCUT2D eigenvalue weighted by Crippen LogP contribution is 2.31. The Morgan fingerprint density at radius 2 is 1.69 bits per heavy atom. The smallest absolute Gasteiger partial charge is 0.217 e. The Bertz CT molecular complexity index is 880. The minimum Gasteiger partial charge on any atom is -0.493 e. The van der Waals surface area contributed by atoms with E-state index in [1.165, 1.54) is 19.8 Å². The molecular weight excluding hydrogens is 404 g/mol. The van der Waals surface area contributed by atoms with Gasteiger partial charge in [-0.1, -0.05) is 12.1 Å². The Morgan fingerprint density at radius 1 is 1.03 bits per heavy atom. The summed E-state index contributed by atoms with van der Waals surface area (Å²) in [5.41, 5.74) is 2.20. The summed E-state index contributed by atoms with van der Waals surface area (Å²) in [4.78, 5) is 13.6. The first kappa shape index (κ1) is 22.5. The van der Waals surface area contributed by atoms with Crippen LogP contribution in [-0.4, -0.2) is 44.4 Å². The summed E-state index contributed by atoms with van der Waals surface area (Å²) >= 11 is 0. The summed E-state index contributed by atoms with van der Waals surface area (Å²) in [6.45, 7) is 8.55. The Balaban J connectivity index is 1.37. The van der Waals surface area contributed by atoms with Crippen molar-refractivity contribution in [3.05, 3.63) is 54.1 Å². The molecule has 1 aliphatic heterocycles. The van der Waals surface area contributed by atoms with Crippen LogP contribution in [0.5, 0.6) is 11.5 Å². The first-order chi connectivity index (χ1) is 15.5. The Morgan fingerprint density at radius 3 is 2.31 bits per heavy atom. The standard InChI is InChI=1S/C26H34N2O4/c1-4-30-25-15-28(22-9-13-23(14-10-22)31-17-20-5-6-20)16-26(25)32-24-11-7-21(8-12-24)18(2)27-19(3)29/h7-14,18,20,25-26H,4-6,15-17H2,1-3H3,(H,27,29). The maximum absolute atomic E-state index is 11.3. The molecule has 1 N–H and O–H groups in total. The van der Waals surface area contributed by atoms with Crippen LogP contribution in [0.2, 0.25) is 0 Å². The molecule has 172 valence electrons. The fourth-order valence-corrected chi connectivity index (χ4v) is 4.09. The van der Waals surface area contributed by atoms with Gasteiger partial charge in [-0.25, -0.2) is 0 Å². The molecular formula is C26H34N2O4. The molecule has 1 amide bonds. The SMILES string of the molecule is CCOC1CN(c2ccc(OCC3CC3)cc2)CC1Oc1ccc(C(C)NC(C)=O)cc1. The number of carbonyl (C=O) groups excluding carboxylic acids is 1. The van der Waals surface area contributed by atoms with E-state index >= 15 is 0 Å². The summed E-state index contributed by atoms with van der Waals surface area (Å²) in [5, 5.41) is 2.90. The molecule has 1 heterocycles. The third-order valence-corrected chi connectivity index (χ3v) is 6.07. The van der Waals surface area contributed by atoms with Crippen LogP contribution in [0.25, 0.3) is 0 Å². The van der Waals surface area contributed by atoms with Gasteiger partial charge in [-0.05, 0) is 74.6 Å². The molecule has 2 fully saturated rings. The van der Waals surface area contributed by atoms with Crippen molar-refractivity contribution in [1.29, 1.82) is 0 Å². The molecule has 32 heavy (non-hydrogen) atoms.